The zero-order chi connectivity index (χ0) is 17.9. The highest BCUT2D eigenvalue weighted by Gasteiger charge is 2.16. The molecule has 1 N–H and O–H groups in total. The number of amides is 1. The van der Waals surface area contributed by atoms with Gasteiger partial charge in [0.05, 0.1) is 6.04 Å². The third-order valence-corrected chi connectivity index (χ3v) is 4.49. The van der Waals surface area contributed by atoms with E-state index in [2.05, 4.69) is 23.5 Å². The summed E-state index contributed by atoms with van der Waals surface area (Å²) in [5.74, 6) is 1.32. The third-order valence-electron chi connectivity index (χ3n) is 4.49. The maximum Gasteiger partial charge on any atom is 0.244 e. The predicted molar refractivity (Wildman–Crippen MR) is 102 cm³/mol. The van der Waals surface area contributed by atoms with Gasteiger partial charge < -0.3 is 14.8 Å². The minimum Gasteiger partial charge on any atom is -0.454 e. The number of carbonyl (C=O) groups excluding carboxylic acids is 1. The normalized spacial score (nSPS) is 13.9. The van der Waals surface area contributed by atoms with Gasteiger partial charge in [-0.2, -0.15) is 0 Å². The Morgan fingerprint density at radius 1 is 1.04 bits per heavy atom. The first-order chi connectivity index (χ1) is 12.7. The molecule has 0 aliphatic carbocycles. The molecule has 3 aromatic rings. The molecule has 0 spiro atoms. The Morgan fingerprint density at radius 2 is 1.85 bits per heavy atom. The number of hydrogen-bond acceptors (Lipinski definition) is 3. The second kappa shape index (κ2) is 6.92. The Balaban J connectivity index is 1.47. The summed E-state index contributed by atoms with van der Waals surface area (Å²) in [4.78, 5) is 12.3. The molecule has 4 nitrogen and oxygen atoms in total. The largest absolute Gasteiger partial charge is 0.454 e. The lowest BCUT2D eigenvalue weighted by Crippen LogP contribution is -2.24. The Morgan fingerprint density at radius 3 is 2.77 bits per heavy atom. The zero-order valence-corrected chi connectivity index (χ0v) is 14.4. The standard InChI is InChI=1S/C22H19NO3/c1-15(18-9-11-20-21(13-18)26-14-25-20)23-22(24)12-10-17-7-4-6-16-5-2-3-8-19(16)17/h2-13,15H,14H2,1H3,(H,23,24)/b12-10-/t15-/m1/s1. The van der Waals surface area contributed by atoms with Crippen LogP contribution >= 0.6 is 0 Å². The van der Waals surface area contributed by atoms with Crippen LogP contribution in [0.2, 0.25) is 0 Å². The summed E-state index contributed by atoms with van der Waals surface area (Å²) < 4.78 is 10.7. The Labute approximate surface area is 152 Å². The van der Waals surface area contributed by atoms with E-state index in [1.54, 1.807) is 6.08 Å². The van der Waals surface area contributed by atoms with Crippen LogP contribution in [-0.4, -0.2) is 12.7 Å². The number of fused-ring (bicyclic) bond motifs is 2. The summed E-state index contributed by atoms with van der Waals surface area (Å²) in [7, 11) is 0. The van der Waals surface area contributed by atoms with Crippen molar-refractivity contribution in [3.05, 3.63) is 77.9 Å². The quantitative estimate of drug-likeness (QED) is 0.710. The van der Waals surface area contributed by atoms with Crippen molar-refractivity contribution in [2.24, 2.45) is 0 Å². The Bertz CT molecular complexity index is 988. The molecule has 1 heterocycles. The summed E-state index contributed by atoms with van der Waals surface area (Å²) in [6, 6.07) is 19.8. The number of hydrogen-bond donors (Lipinski definition) is 1. The van der Waals surface area contributed by atoms with Crippen molar-refractivity contribution in [1.82, 2.24) is 5.32 Å². The zero-order valence-electron chi connectivity index (χ0n) is 14.4. The molecule has 1 amide bonds. The topological polar surface area (TPSA) is 47.6 Å². The van der Waals surface area contributed by atoms with Gasteiger partial charge >= 0.3 is 0 Å². The minimum absolute atomic E-state index is 0.130. The van der Waals surface area contributed by atoms with E-state index in [9.17, 15) is 4.79 Å². The van der Waals surface area contributed by atoms with Gasteiger partial charge in [-0.3, -0.25) is 4.79 Å². The van der Waals surface area contributed by atoms with Gasteiger partial charge in [0.15, 0.2) is 11.5 Å². The number of ether oxygens (including phenoxy) is 2. The molecule has 1 aliphatic rings. The smallest absolute Gasteiger partial charge is 0.244 e. The van der Waals surface area contributed by atoms with Gasteiger partial charge in [-0.25, -0.2) is 0 Å². The molecule has 0 aromatic heterocycles. The lowest BCUT2D eigenvalue weighted by Gasteiger charge is -2.13. The fourth-order valence-electron chi connectivity index (χ4n) is 3.09. The van der Waals surface area contributed by atoms with Crippen LogP contribution in [0.15, 0.2) is 66.7 Å². The number of nitrogens with one attached hydrogen (secondary N) is 1. The molecule has 4 heteroatoms. The first-order valence-electron chi connectivity index (χ1n) is 8.56. The SMILES string of the molecule is C[C@@H](NC(=O)/C=C\c1cccc2ccccc12)c1ccc2c(c1)OCO2. The molecule has 130 valence electrons. The fraction of sp³-hybridized carbons (Fsp3) is 0.136. The molecule has 0 bridgehead atoms. The molecular weight excluding hydrogens is 326 g/mol. The summed E-state index contributed by atoms with van der Waals surface area (Å²) in [5.41, 5.74) is 2.00. The molecule has 3 aromatic carbocycles. The molecule has 26 heavy (non-hydrogen) atoms. The average molecular weight is 345 g/mol. The van der Waals surface area contributed by atoms with E-state index in [4.69, 9.17) is 9.47 Å². The molecule has 4 rings (SSSR count). The number of benzene rings is 3. The highest BCUT2D eigenvalue weighted by molar-refractivity contribution is 5.96. The van der Waals surface area contributed by atoms with Crippen LogP contribution in [0, 0.1) is 0 Å². The molecule has 1 atom stereocenters. The maximum absolute atomic E-state index is 12.3. The summed E-state index contributed by atoms with van der Waals surface area (Å²) in [5, 5.41) is 5.27. The first kappa shape index (κ1) is 16.2. The summed E-state index contributed by atoms with van der Waals surface area (Å²) >= 11 is 0. The van der Waals surface area contributed by atoms with Crippen LogP contribution in [0.25, 0.3) is 16.8 Å². The van der Waals surface area contributed by atoms with Gasteiger partial charge in [-0.1, -0.05) is 48.5 Å². The van der Waals surface area contributed by atoms with Crippen LogP contribution in [0.4, 0.5) is 0 Å². The number of rotatable bonds is 4. The Hall–Kier alpha value is -3.27. The van der Waals surface area contributed by atoms with E-state index in [0.717, 1.165) is 33.4 Å². The molecule has 0 unspecified atom stereocenters. The van der Waals surface area contributed by atoms with E-state index in [1.807, 2.05) is 55.5 Å². The van der Waals surface area contributed by atoms with Crippen LogP contribution in [0.1, 0.15) is 24.1 Å². The van der Waals surface area contributed by atoms with Crippen LogP contribution in [0.5, 0.6) is 11.5 Å². The molecule has 0 fully saturated rings. The predicted octanol–water partition coefficient (Wildman–Crippen LogP) is 4.46. The summed E-state index contributed by atoms with van der Waals surface area (Å²) in [6.07, 6.45) is 3.43. The molecule has 0 radical (unpaired) electrons. The van der Waals surface area contributed by atoms with Gasteiger partial charge in [0.25, 0.3) is 0 Å². The summed E-state index contributed by atoms with van der Waals surface area (Å²) in [6.45, 7) is 2.19. The second-order valence-corrected chi connectivity index (χ2v) is 6.24. The van der Waals surface area contributed by atoms with Crippen molar-refractivity contribution in [3.63, 3.8) is 0 Å². The lowest BCUT2D eigenvalue weighted by atomic mass is 10.0. The molecule has 0 saturated carbocycles. The Kier molecular flexibility index (Phi) is 4.32. The van der Waals surface area contributed by atoms with Gasteiger partial charge in [0.2, 0.25) is 12.7 Å². The van der Waals surface area contributed by atoms with Crippen molar-refractivity contribution in [3.8, 4) is 11.5 Å². The van der Waals surface area contributed by atoms with Crippen molar-refractivity contribution >= 4 is 22.8 Å². The second-order valence-electron chi connectivity index (χ2n) is 6.24. The fourth-order valence-corrected chi connectivity index (χ4v) is 3.09. The maximum atomic E-state index is 12.3. The highest BCUT2D eigenvalue weighted by Crippen LogP contribution is 2.34. The van der Waals surface area contributed by atoms with E-state index in [1.165, 1.54) is 0 Å². The average Bonchev–Trinajstić information content (AvgIpc) is 3.14. The van der Waals surface area contributed by atoms with Gasteiger partial charge in [-0.15, -0.1) is 0 Å². The monoisotopic (exact) mass is 345 g/mol. The van der Waals surface area contributed by atoms with Crippen molar-refractivity contribution in [1.29, 1.82) is 0 Å². The highest BCUT2D eigenvalue weighted by atomic mass is 16.7. The first-order valence-corrected chi connectivity index (χ1v) is 8.56. The van der Waals surface area contributed by atoms with Gasteiger partial charge in [-0.05, 0) is 47.0 Å². The molecule has 1 aliphatic heterocycles. The van der Waals surface area contributed by atoms with E-state index >= 15 is 0 Å². The van der Waals surface area contributed by atoms with E-state index in [-0.39, 0.29) is 18.7 Å². The number of carbonyl (C=O) groups is 1. The molecular formula is C22H19NO3. The van der Waals surface area contributed by atoms with Crippen LogP contribution in [-0.2, 0) is 4.79 Å². The minimum atomic E-state index is -0.136. The van der Waals surface area contributed by atoms with Crippen molar-refractivity contribution < 1.29 is 14.3 Å². The molecule has 0 saturated heterocycles. The van der Waals surface area contributed by atoms with Gasteiger partial charge in [0.1, 0.15) is 0 Å². The van der Waals surface area contributed by atoms with Crippen LogP contribution in [0.3, 0.4) is 0 Å². The third kappa shape index (κ3) is 3.26. The van der Waals surface area contributed by atoms with E-state index in [0.29, 0.717) is 0 Å². The van der Waals surface area contributed by atoms with Gasteiger partial charge in [0, 0.05) is 6.08 Å². The van der Waals surface area contributed by atoms with Crippen molar-refractivity contribution in [2.75, 3.05) is 6.79 Å². The van der Waals surface area contributed by atoms with Crippen LogP contribution < -0.4 is 14.8 Å². The van der Waals surface area contributed by atoms with E-state index < -0.39 is 0 Å². The van der Waals surface area contributed by atoms with Crippen molar-refractivity contribution in [2.45, 2.75) is 13.0 Å². The lowest BCUT2D eigenvalue weighted by molar-refractivity contribution is -0.117.